The van der Waals surface area contributed by atoms with Crippen LogP contribution < -0.4 is 14.4 Å². The first-order chi connectivity index (χ1) is 15.0. The Morgan fingerprint density at radius 2 is 1.77 bits per heavy atom. The molecule has 0 bridgehead atoms. The second kappa shape index (κ2) is 11.1. The molecule has 0 atom stereocenters. The van der Waals surface area contributed by atoms with Crippen molar-refractivity contribution in [2.24, 2.45) is 0 Å². The molecular weight excluding hydrogens is 410 g/mol. The van der Waals surface area contributed by atoms with E-state index in [1.165, 1.54) is 11.3 Å². The molecule has 0 unspecified atom stereocenters. The van der Waals surface area contributed by atoms with E-state index in [0.717, 1.165) is 47.5 Å². The zero-order valence-electron chi connectivity index (χ0n) is 18.8. The van der Waals surface area contributed by atoms with Crippen molar-refractivity contribution in [1.29, 1.82) is 0 Å². The number of amides is 1. The van der Waals surface area contributed by atoms with Crippen LogP contribution >= 0.6 is 11.3 Å². The molecule has 1 amide bonds. The van der Waals surface area contributed by atoms with Crippen LogP contribution in [0.15, 0.2) is 42.5 Å². The lowest BCUT2D eigenvalue weighted by atomic mass is 10.2. The quantitative estimate of drug-likeness (QED) is 0.388. The largest absolute Gasteiger partial charge is 0.497 e. The molecule has 7 heteroatoms. The van der Waals surface area contributed by atoms with Gasteiger partial charge >= 0.3 is 0 Å². The Kier molecular flexibility index (Phi) is 8.26. The molecule has 2 aromatic carbocycles. The van der Waals surface area contributed by atoms with Gasteiger partial charge in [-0.25, -0.2) is 4.98 Å². The minimum absolute atomic E-state index is 0.0510. The van der Waals surface area contributed by atoms with Crippen LogP contribution in [0.3, 0.4) is 0 Å². The predicted octanol–water partition coefficient (Wildman–Crippen LogP) is 5.08. The SMILES string of the molecule is CCCCOc1ccc(C(=O)N(CCCN(C)C)c2nc3ccc(OC)cc3s2)cc1. The third-order valence-electron chi connectivity index (χ3n) is 4.92. The summed E-state index contributed by atoms with van der Waals surface area (Å²) in [4.78, 5) is 22.0. The van der Waals surface area contributed by atoms with Crippen LogP contribution in [0.1, 0.15) is 36.5 Å². The Hall–Kier alpha value is -2.64. The van der Waals surface area contributed by atoms with E-state index >= 15 is 0 Å². The first kappa shape index (κ1) is 23.0. The zero-order chi connectivity index (χ0) is 22.2. The summed E-state index contributed by atoms with van der Waals surface area (Å²) in [5.74, 6) is 1.52. The minimum Gasteiger partial charge on any atom is -0.497 e. The van der Waals surface area contributed by atoms with Crippen LogP contribution in [-0.4, -0.2) is 56.7 Å². The maximum atomic E-state index is 13.4. The fourth-order valence-electron chi connectivity index (χ4n) is 3.15. The van der Waals surface area contributed by atoms with E-state index in [2.05, 4.69) is 11.8 Å². The van der Waals surface area contributed by atoms with Gasteiger partial charge in [0, 0.05) is 12.1 Å². The second-order valence-electron chi connectivity index (χ2n) is 7.67. The van der Waals surface area contributed by atoms with Crippen molar-refractivity contribution in [2.75, 3.05) is 45.8 Å². The van der Waals surface area contributed by atoms with Crippen molar-refractivity contribution in [2.45, 2.75) is 26.2 Å². The maximum Gasteiger partial charge on any atom is 0.260 e. The predicted molar refractivity (Wildman–Crippen MR) is 128 cm³/mol. The maximum absolute atomic E-state index is 13.4. The molecule has 166 valence electrons. The van der Waals surface area contributed by atoms with Crippen molar-refractivity contribution in [3.05, 3.63) is 48.0 Å². The van der Waals surface area contributed by atoms with Gasteiger partial charge in [-0.2, -0.15) is 0 Å². The molecule has 0 aliphatic rings. The van der Waals surface area contributed by atoms with Crippen molar-refractivity contribution in [1.82, 2.24) is 9.88 Å². The third kappa shape index (κ3) is 6.18. The van der Waals surface area contributed by atoms with E-state index in [-0.39, 0.29) is 5.91 Å². The van der Waals surface area contributed by atoms with Crippen LogP contribution in [0.4, 0.5) is 5.13 Å². The molecule has 3 rings (SSSR count). The molecule has 1 heterocycles. The zero-order valence-corrected chi connectivity index (χ0v) is 19.6. The van der Waals surface area contributed by atoms with E-state index in [1.807, 2.05) is 56.6 Å². The number of rotatable bonds is 11. The van der Waals surface area contributed by atoms with Gasteiger partial charge in [0.1, 0.15) is 11.5 Å². The molecule has 31 heavy (non-hydrogen) atoms. The molecule has 0 saturated heterocycles. The normalized spacial score (nSPS) is 11.1. The molecule has 0 saturated carbocycles. The molecule has 6 nitrogen and oxygen atoms in total. The summed E-state index contributed by atoms with van der Waals surface area (Å²) in [5.41, 5.74) is 1.50. The lowest BCUT2D eigenvalue weighted by Gasteiger charge is -2.21. The Labute approximate surface area is 188 Å². The van der Waals surface area contributed by atoms with Gasteiger partial charge in [-0.3, -0.25) is 9.69 Å². The van der Waals surface area contributed by atoms with Gasteiger partial charge < -0.3 is 14.4 Å². The van der Waals surface area contributed by atoms with Crippen LogP contribution in [0, 0.1) is 0 Å². The fraction of sp³-hybridized carbons (Fsp3) is 0.417. The summed E-state index contributed by atoms with van der Waals surface area (Å²) in [6.07, 6.45) is 2.96. The van der Waals surface area contributed by atoms with Crippen molar-refractivity contribution in [3.8, 4) is 11.5 Å². The molecular formula is C24H31N3O3S. The summed E-state index contributed by atoms with van der Waals surface area (Å²) in [6.45, 7) is 4.32. The first-order valence-electron chi connectivity index (χ1n) is 10.7. The molecule has 0 aliphatic heterocycles. The molecule has 0 fully saturated rings. The van der Waals surface area contributed by atoms with Crippen LogP contribution in [0.5, 0.6) is 11.5 Å². The van der Waals surface area contributed by atoms with Gasteiger partial charge in [-0.05, 0) is 75.9 Å². The number of thiazole rings is 1. The van der Waals surface area contributed by atoms with Gasteiger partial charge in [0.2, 0.25) is 0 Å². The number of ether oxygens (including phenoxy) is 2. The lowest BCUT2D eigenvalue weighted by molar-refractivity contribution is 0.0986. The molecule has 0 N–H and O–H groups in total. The highest BCUT2D eigenvalue weighted by Gasteiger charge is 2.21. The van der Waals surface area contributed by atoms with E-state index in [0.29, 0.717) is 23.8 Å². The number of carbonyl (C=O) groups excluding carboxylic acids is 1. The Morgan fingerprint density at radius 1 is 1.03 bits per heavy atom. The number of aromatic nitrogens is 1. The average molecular weight is 442 g/mol. The van der Waals surface area contributed by atoms with Gasteiger partial charge in [-0.15, -0.1) is 0 Å². The number of fused-ring (bicyclic) bond motifs is 1. The Morgan fingerprint density at radius 3 is 2.45 bits per heavy atom. The molecule has 0 spiro atoms. The lowest BCUT2D eigenvalue weighted by Crippen LogP contribution is -2.33. The van der Waals surface area contributed by atoms with Crippen LogP contribution in [-0.2, 0) is 0 Å². The molecule has 3 aromatic rings. The number of methoxy groups -OCH3 is 1. The van der Waals surface area contributed by atoms with Gasteiger partial charge in [0.15, 0.2) is 5.13 Å². The van der Waals surface area contributed by atoms with Crippen molar-refractivity contribution in [3.63, 3.8) is 0 Å². The highest BCUT2D eigenvalue weighted by atomic mass is 32.1. The van der Waals surface area contributed by atoms with Gasteiger partial charge in [0.25, 0.3) is 5.91 Å². The number of unbranched alkanes of at least 4 members (excludes halogenated alkanes) is 1. The van der Waals surface area contributed by atoms with Gasteiger partial charge in [-0.1, -0.05) is 24.7 Å². The number of benzene rings is 2. The third-order valence-corrected chi connectivity index (χ3v) is 5.96. The highest BCUT2D eigenvalue weighted by Crippen LogP contribution is 2.32. The Balaban J connectivity index is 1.83. The fourth-order valence-corrected chi connectivity index (χ4v) is 4.17. The van der Waals surface area contributed by atoms with E-state index < -0.39 is 0 Å². The summed E-state index contributed by atoms with van der Waals surface area (Å²) in [7, 11) is 5.72. The molecule has 0 radical (unpaired) electrons. The average Bonchev–Trinajstić information content (AvgIpc) is 3.19. The van der Waals surface area contributed by atoms with E-state index in [1.54, 1.807) is 12.0 Å². The number of nitrogens with zero attached hydrogens (tertiary/aromatic N) is 3. The standard InChI is InChI=1S/C24H31N3O3S/c1-5-6-16-30-19-10-8-18(9-11-19)23(28)27(15-7-14-26(2)3)24-25-21-13-12-20(29-4)17-22(21)31-24/h8-13,17H,5-7,14-16H2,1-4H3. The summed E-state index contributed by atoms with van der Waals surface area (Å²) in [5, 5.41) is 0.704. The van der Waals surface area contributed by atoms with E-state index in [9.17, 15) is 4.79 Å². The molecule has 0 aliphatic carbocycles. The van der Waals surface area contributed by atoms with Gasteiger partial charge in [0.05, 0.1) is 23.9 Å². The monoisotopic (exact) mass is 441 g/mol. The van der Waals surface area contributed by atoms with Crippen LogP contribution in [0.2, 0.25) is 0 Å². The Bertz CT molecular complexity index is 985. The summed E-state index contributed by atoms with van der Waals surface area (Å²) < 4.78 is 12.1. The minimum atomic E-state index is -0.0510. The molecule has 1 aromatic heterocycles. The number of carbonyl (C=O) groups is 1. The topological polar surface area (TPSA) is 54.9 Å². The first-order valence-corrected chi connectivity index (χ1v) is 11.5. The second-order valence-corrected chi connectivity index (χ2v) is 8.68. The summed E-state index contributed by atoms with van der Waals surface area (Å²) >= 11 is 1.51. The number of hydrogen-bond acceptors (Lipinski definition) is 6. The smallest absolute Gasteiger partial charge is 0.260 e. The van der Waals surface area contributed by atoms with Crippen molar-refractivity contribution < 1.29 is 14.3 Å². The number of anilines is 1. The van der Waals surface area contributed by atoms with Crippen LogP contribution in [0.25, 0.3) is 10.2 Å². The summed E-state index contributed by atoms with van der Waals surface area (Å²) in [6, 6.07) is 13.2. The van der Waals surface area contributed by atoms with E-state index in [4.69, 9.17) is 14.5 Å². The number of hydrogen-bond donors (Lipinski definition) is 0. The van der Waals surface area contributed by atoms with Crippen molar-refractivity contribution >= 4 is 32.6 Å². The highest BCUT2D eigenvalue weighted by molar-refractivity contribution is 7.22.